The average Bonchev–Trinajstić information content (AvgIpc) is 3.34. The zero-order valence-corrected chi connectivity index (χ0v) is 16.2. The van der Waals surface area contributed by atoms with Crippen molar-refractivity contribution >= 4 is 51.5 Å². The summed E-state index contributed by atoms with van der Waals surface area (Å²) in [6.07, 6.45) is 1.13. The Bertz CT molecular complexity index is 991. The molecule has 0 saturated heterocycles. The first-order chi connectivity index (χ1) is 12.8. The van der Waals surface area contributed by atoms with Gasteiger partial charge in [0.2, 0.25) is 0 Å². The Morgan fingerprint density at radius 1 is 1.15 bits per heavy atom. The Hall–Kier alpha value is -3.05. The smallest absolute Gasteiger partial charge is 0.302 e. The molecule has 0 fully saturated rings. The van der Waals surface area contributed by atoms with Gasteiger partial charge >= 0.3 is 6.01 Å². The van der Waals surface area contributed by atoms with Gasteiger partial charge in [-0.05, 0) is 18.4 Å². The highest BCUT2D eigenvalue weighted by Crippen LogP contribution is 2.24. The molecule has 2 N–H and O–H groups in total. The topological polar surface area (TPSA) is 117 Å². The maximum absolute atomic E-state index is 12.3. The van der Waals surface area contributed by atoms with Crippen molar-refractivity contribution in [3.05, 3.63) is 44.9 Å². The van der Waals surface area contributed by atoms with E-state index in [2.05, 4.69) is 20.6 Å². The molecule has 9 nitrogen and oxygen atoms in total. The van der Waals surface area contributed by atoms with Crippen LogP contribution < -0.4 is 10.6 Å². The van der Waals surface area contributed by atoms with Crippen LogP contribution in [0.1, 0.15) is 35.5 Å². The SMILES string of the molecule is Cc1nc(NC(=O)c2coc(NC(=O)c3cccs3)n2)sc1C(=O)N(C)C. The van der Waals surface area contributed by atoms with Crippen molar-refractivity contribution in [2.45, 2.75) is 6.92 Å². The lowest BCUT2D eigenvalue weighted by Gasteiger charge is -2.07. The summed E-state index contributed by atoms with van der Waals surface area (Å²) in [7, 11) is 3.28. The number of carbonyl (C=O) groups excluding carboxylic acids is 3. The molecule has 11 heteroatoms. The molecule has 3 rings (SSSR count). The van der Waals surface area contributed by atoms with Crippen LogP contribution in [-0.4, -0.2) is 46.7 Å². The quantitative estimate of drug-likeness (QED) is 0.674. The van der Waals surface area contributed by atoms with E-state index in [1.54, 1.807) is 38.5 Å². The summed E-state index contributed by atoms with van der Waals surface area (Å²) in [5.74, 6) is -1.13. The summed E-state index contributed by atoms with van der Waals surface area (Å²) in [6, 6.07) is 3.32. The third-order valence-corrected chi connectivity index (χ3v) is 5.25. The Morgan fingerprint density at radius 3 is 2.59 bits per heavy atom. The number of amides is 3. The minimum atomic E-state index is -0.562. The van der Waals surface area contributed by atoms with E-state index < -0.39 is 5.91 Å². The first kappa shape index (κ1) is 18.7. The van der Waals surface area contributed by atoms with Crippen LogP contribution in [0.15, 0.2) is 28.2 Å². The Labute approximate surface area is 162 Å². The number of carbonyl (C=O) groups is 3. The lowest BCUT2D eigenvalue weighted by molar-refractivity contribution is 0.0830. The summed E-state index contributed by atoms with van der Waals surface area (Å²) < 4.78 is 5.11. The van der Waals surface area contributed by atoms with Gasteiger partial charge in [0.15, 0.2) is 10.8 Å². The summed E-state index contributed by atoms with van der Waals surface area (Å²) >= 11 is 2.35. The molecule has 0 aromatic carbocycles. The van der Waals surface area contributed by atoms with Gasteiger partial charge < -0.3 is 9.32 Å². The number of hydrogen-bond donors (Lipinski definition) is 2. The molecule has 0 bridgehead atoms. The number of hydrogen-bond acceptors (Lipinski definition) is 8. The van der Waals surface area contributed by atoms with Gasteiger partial charge in [0.1, 0.15) is 11.1 Å². The van der Waals surface area contributed by atoms with Gasteiger partial charge in [0.05, 0.1) is 10.6 Å². The molecule has 0 radical (unpaired) electrons. The predicted octanol–water partition coefficient (Wildman–Crippen LogP) is 2.71. The molecule has 0 aliphatic rings. The van der Waals surface area contributed by atoms with Gasteiger partial charge in [-0.15, -0.1) is 11.3 Å². The van der Waals surface area contributed by atoms with Crippen molar-refractivity contribution in [3.63, 3.8) is 0 Å². The van der Waals surface area contributed by atoms with Crippen LogP contribution in [0, 0.1) is 6.92 Å². The minimum absolute atomic E-state index is 0.0233. The third kappa shape index (κ3) is 4.20. The largest absolute Gasteiger partial charge is 0.431 e. The number of aromatic nitrogens is 2. The molecular formula is C16H15N5O4S2. The van der Waals surface area contributed by atoms with E-state index >= 15 is 0 Å². The molecule has 0 aliphatic carbocycles. The predicted molar refractivity (Wildman–Crippen MR) is 102 cm³/mol. The number of rotatable bonds is 5. The van der Waals surface area contributed by atoms with E-state index in [-0.39, 0.29) is 28.7 Å². The number of aryl methyl sites for hydroxylation is 1. The summed E-state index contributed by atoms with van der Waals surface area (Å²) in [4.78, 5) is 46.8. The second-order valence-corrected chi connectivity index (χ2v) is 7.50. The first-order valence-corrected chi connectivity index (χ1v) is 9.35. The van der Waals surface area contributed by atoms with Crippen LogP contribution in [0.25, 0.3) is 0 Å². The van der Waals surface area contributed by atoms with E-state index in [9.17, 15) is 14.4 Å². The fourth-order valence-corrected chi connectivity index (χ4v) is 3.62. The molecule has 3 amide bonds. The molecule has 0 unspecified atom stereocenters. The molecule has 3 aromatic heterocycles. The van der Waals surface area contributed by atoms with Crippen LogP contribution in [0.4, 0.5) is 11.1 Å². The van der Waals surface area contributed by atoms with Gasteiger partial charge in [-0.3, -0.25) is 25.0 Å². The average molecular weight is 405 g/mol. The number of nitrogens with zero attached hydrogens (tertiary/aromatic N) is 3. The van der Waals surface area contributed by atoms with Crippen LogP contribution in [0.5, 0.6) is 0 Å². The van der Waals surface area contributed by atoms with E-state index in [4.69, 9.17) is 4.42 Å². The van der Waals surface area contributed by atoms with Gasteiger partial charge in [0, 0.05) is 14.1 Å². The van der Waals surface area contributed by atoms with E-state index in [0.717, 1.165) is 17.6 Å². The number of nitrogens with one attached hydrogen (secondary N) is 2. The number of thiophene rings is 1. The molecule has 3 aromatic rings. The molecule has 0 atom stereocenters. The lowest BCUT2D eigenvalue weighted by atomic mass is 10.3. The van der Waals surface area contributed by atoms with Crippen molar-refractivity contribution in [1.82, 2.24) is 14.9 Å². The maximum Gasteiger partial charge on any atom is 0.302 e. The van der Waals surface area contributed by atoms with Crippen LogP contribution in [0.2, 0.25) is 0 Å². The van der Waals surface area contributed by atoms with Crippen molar-refractivity contribution in [1.29, 1.82) is 0 Å². The second-order valence-electron chi connectivity index (χ2n) is 5.56. The maximum atomic E-state index is 12.3. The highest BCUT2D eigenvalue weighted by atomic mass is 32.1. The monoisotopic (exact) mass is 405 g/mol. The van der Waals surface area contributed by atoms with Gasteiger partial charge in [0.25, 0.3) is 17.7 Å². The van der Waals surface area contributed by atoms with Crippen molar-refractivity contribution < 1.29 is 18.8 Å². The Balaban J connectivity index is 1.67. The molecule has 0 saturated carbocycles. The van der Waals surface area contributed by atoms with E-state index in [1.807, 2.05) is 0 Å². The normalized spacial score (nSPS) is 10.5. The van der Waals surface area contributed by atoms with Gasteiger partial charge in [-0.1, -0.05) is 17.4 Å². The third-order valence-electron chi connectivity index (χ3n) is 3.32. The number of anilines is 2. The first-order valence-electron chi connectivity index (χ1n) is 7.66. The highest BCUT2D eigenvalue weighted by molar-refractivity contribution is 7.17. The summed E-state index contributed by atoms with van der Waals surface area (Å²) in [6.45, 7) is 1.69. The van der Waals surface area contributed by atoms with Crippen LogP contribution in [0.3, 0.4) is 0 Å². The molecule has 0 spiro atoms. The van der Waals surface area contributed by atoms with Crippen molar-refractivity contribution in [2.75, 3.05) is 24.7 Å². The molecule has 3 heterocycles. The molecule has 27 heavy (non-hydrogen) atoms. The summed E-state index contributed by atoms with van der Waals surface area (Å²) in [5.41, 5.74) is 0.503. The highest BCUT2D eigenvalue weighted by Gasteiger charge is 2.20. The zero-order valence-electron chi connectivity index (χ0n) is 14.6. The summed E-state index contributed by atoms with van der Waals surface area (Å²) in [5, 5.41) is 7.09. The molecule has 140 valence electrons. The Kier molecular flexibility index (Phi) is 5.33. The van der Waals surface area contributed by atoms with E-state index in [0.29, 0.717) is 15.4 Å². The van der Waals surface area contributed by atoms with Crippen LogP contribution >= 0.6 is 22.7 Å². The number of thiazole rings is 1. The standard InChI is InChI=1S/C16H15N5O4S2/c1-8-11(14(24)21(2)3)27-16(17-8)20-12(22)9-7-25-15(18-9)19-13(23)10-5-4-6-26-10/h4-7H,1-3H3,(H,17,20,22)(H,18,19,23). The van der Waals surface area contributed by atoms with Crippen molar-refractivity contribution in [3.8, 4) is 0 Å². The minimum Gasteiger partial charge on any atom is -0.431 e. The van der Waals surface area contributed by atoms with Gasteiger partial charge in [-0.2, -0.15) is 4.98 Å². The van der Waals surface area contributed by atoms with Gasteiger partial charge in [-0.25, -0.2) is 4.98 Å². The fraction of sp³-hybridized carbons (Fsp3) is 0.188. The fourth-order valence-electron chi connectivity index (χ4n) is 2.01. The molecular weight excluding hydrogens is 390 g/mol. The van der Waals surface area contributed by atoms with Crippen LogP contribution in [-0.2, 0) is 0 Å². The zero-order chi connectivity index (χ0) is 19.6. The lowest BCUT2D eigenvalue weighted by Crippen LogP contribution is -2.21. The molecule has 0 aliphatic heterocycles. The van der Waals surface area contributed by atoms with E-state index in [1.165, 1.54) is 16.2 Å². The number of oxazole rings is 1. The van der Waals surface area contributed by atoms with Crippen molar-refractivity contribution in [2.24, 2.45) is 0 Å². The Morgan fingerprint density at radius 2 is 1.93 bits per heavy atom. The second kappa shape index (κ2) is 7.68.